The third kappa shape index (κ3) is 5.17. The van der Waals surface area contributed by atoms with E-state index in [9.17, 15) is 4.79 Å². The number of amides is 1. The molecule has 11 heteroatoms. The first-order chi connectivity index (χ1) is 15.7. The number of hydroxylamine groups is 1. The summed E-state index contributed by atoms with van der Waals surface area (Å²) in [6.45, 7) is 2.20. The van der Waals surface area contributed by atoms with Crippen molar-refractivity contribution >= 4 is 23.0 Å². The Morgan fingerprint density at radius 1 is 1.12 bits per heavy atom. The van der Waals surface area contributed by atoms with Gasteiger partial charge in [0.1, 0.15) is 5.52 Å². The van der Waals surface area contributed by atoms with E-state index in [1.165, 1.54) is 0 Å². The molecule has 0 saturated carbocycles. The van der Waals surface area contributed by atoms with Gasteiger partial charge in [0.2, 0.25) is 11.9 Å². The number of nitrogens with two attached hydrogens (primary N) is 1. The van der Waals surface area contributed by atoms with Crippen molar-refractivity contribution in [3.8, 4) is 11.4 Å². The van der Waals surface area contributed by atoms with Crippen LogP contribution in [0.1, 0.15) is 56.6 Å². The zero-order chi connectivity index (χ0) is 22.3. The SMILES string of the molecule is Nc1ncc(-c2nc(C3CCOCC3)c3ncn(CCCCCCC(=O)NO)c3n2)cn1. The number of carbonyl (C=O) groups is 1. The van der Waals surface area contributed by atoms with Crippen LogP contribution in [0.15, 0.2) is 18.7 Å². The molecule has 0 unspecified atom stereocenters. The van der Waals surface area contributed by atoms with Gasteiger partial charge in [-0.25, -0.2) is 30.4 Å². The fourth-order valence-corrected chi connectivity index (χ4v) is 3.95. The number of fused-ring (bicyclic) bond motifs is 1. The van der Waals surface area contributed by atoms with E-state index in [2.05, 4.69) is 19.5 Å². The van der Waals surface area contributed by atoms with E-state index in [1.807, 2.05) is 6.33 Å². The van der Waals surface area contributed by atoms with Crippen molar-refractivity contribution in [3.63, 3.8) is 0 Å². The monoisotopic (exact) mass is 440 g/mol. The van der Waals surface area contributed by atoms with Gasteiger partial charge in [-0.05, 0) is 25.7 Å². The number of hydrogen-bond donors (Lipinski definition) is 3. The predicted octanol–water partition coefficient (Wildman–Crippen LogP) is 2.22. The highest BCUT2D eigenvalue weighted by molar-refractivity contribution is 5.77. The molecule has 0 aliphatic carbocycles. The van der Waals surface area contributed by atoms with Gasteiger partial charge in [0, 0.05) is 44.5 Å². The molecule has 0 bridgehead atoms. The number of nitrogens with zero attached hydrogens (tertiary/aromatic N) is 6. The van der Waals surface area contributed by atoms with Gasteiger partial charge in [-0.1, -0.05) is 12.8 Å². The van der Waals surface area contributed by atoms with Crippen LogP contribution in [0, 0.1) is 0 Å². The first-order valence-corrected chi connectivity index (χ1v) is 11.0. The Hall–Kier alpha value is -3.18. The molecule has 0 aromatic carbocycles. The molecule has 32 heavy (non-hydrogen) atoms. The van der Waals surface area contributed by atoms with Crippen LogP contribution in [0.5, 0.6) is 0 Å². The summed E-state index contributed by atoms with van der Waals surface area (Å²) in [7, 11) is 0. The molecule has 0 atom stereocenters. The molecular formula is C21H28N8O3. The lowest BCUT2D eigenvalue weighted by Crippen LogP contribution is -2.17. The number of imidazole rings is 1. The molecule has 4 rings (SSSR count). The lowest BCUT2D eigenvalue weighted by atomic mass is 9.95. The molecule has 1 saturated heterocycles. The summed E-state index contributed by atoms with van der Waals surface area (Å²) in [6.07, 6.45) is 10.8. The van der Waals surface area contributed by atoms with Gasteiger partial charge in [0.25, 0.3) is 0 Å². The van der Waals surface area contributed by atoms with Gasteiger partial charge in [-0.3, -0.25) is 10.0 Å². The van der Waals surface area contributed by atoms with Crippen LogP contribution in [-0.4, -0.2) is 53.8 Å². The maximum Gasteiger partial charge on any atom is 0.243 e. The van der Waals surface area contributed by atoms with Gasteiger partial charge in [-0.2, -0.15) is 0 Å². The number of hydrogen-bond acceptors (Lipinski definition) is 9. The third-order valence-corrected chi connectivity index (χ3v) is 5.71. The zero-order valence-corrected chi connectivity index (χ0v) is 17.9. The Bertz CT molecular complexity index is 1050. The molecule has 3 aromatic heterocycles. The average molecular weight is 441 g/mol. The predicted molar refractivity (Wildman–Crippen MR) is 117 cm³/mol. The second-order valence-corrected chi connectivity index (χ2v) is 7.96. The highest BCUT2D eigenvalue weighted by Gasteiger charge is 2.24. The Kier molecular flexibility index (Phi) is 7.17. The molecule has 11 nitrogen and oxygen atoms in total. The molecule has 4 heterocycles. The van der Waals surface area contributed by atoms with Crippen LogP contribution in [0.2, 0.25) is 0 Å². The molecule has 4 N–H and O–H groups in total. The van der Waals surface area contributed by atoms with Crippen LogP contribution >= 0.6 is 0 Å². The number of ether oxygens (including phenoxy) is 1. The number of aromatic nitrogens is 6. The minimum absolute atomic E-state index is 0.209. The van der Waals surface area contributed by atoms with Crippen LogP contribution in [-0.2, 0) is 16.1 Å². The summed E-state index contributed by atoms with van der Waals surface area (Å²) in [6, 6.07) is 0. The van der Waals surface area contributed by atoms with E-state index in [0.717, 1.165) is 61.9 Å². The Labute approximate surface area is 185 Å². The Balaban J connectivity index is 1.55. The third-order valence-electron chi connectivity index (χ3n) is 5.71. The summed E-state index contributed by atoms with van der Waals surface area (Å²) in [5, 5.41) is 8.56. The highest BCUT2D eigenvalue weighted by Crippen LogP contribution is 2.31. The lowest BCUT2D eigenvalue weighted by molar-refractivity contribution is -0.129. The maximum atomic E-state index is 11.1. The highest BCUT2D eigenvalue weighted by atomic mass is 16.5. The van der Waals surface area contributed by atoms with Crippen molar-refractivity contribution in [2.75, 3.05) is 18.9 Å². The van der Waals surface area contributed by atoms with Crippen molar-refractivity contribution in [3.05, 3.63) is 24.4 Å². The number of nitrogen functional groups attached to an aromatic ring is 1. The largest absolute Gasteiger partial charge is 0.381 e. The van der Waals surface area contributed by atoms with Crippen LogP contribution < -0.4 is 11.2 Å². The van der Waals surface area contributed by atoms with Crippen LogP contribution in [0.3, 0.4) is 0 Å². The molecule has 170 valence electrons. The van der Waals surface area contributed by atoms with Crippen molar-refractivity contribution in [1.82, 2.24) is 35.0 Å². The summed E-state index contributed by atoms with van der Waals surface area (Å²) in [4.78, 5) is 33.6. The van der Waals surface area contributed by atoms with Gasteiger partial charge in [0.15, 0.2) is 11.5 Å². The smallest absolute Gasteiger partial charge is 0.243 e. The molecule has 3 aromatic rings. The number of nitrogens with one attached hydrogen (secondary N) is 1. The van der Waals surface area contributed by atoms with Crippen molar-refractivity contribution in [2.24, 2.45) is 0 Å². The number of anilines is 1. The number of rotatable bonds is 9. The average Bonchev–Trinajstić information content (AvgIpc) is 3.24. The first-order valence-electron chi connectivity index (χ1n) is 11.0. The molecule has 1 aliphatic heterocycles. The molecule has 1 aliphatic rings. The number of unbranched alkanes of at least 4 members (excludes halogenated alkanes) is 3. The summed E-state index contributed by atoms with van der Waals surface area (Å²) < 4.78 is 7.59. The fourth-order valence-electron chi connectivity index (χ4n) is 3.95. The van der Waals surface area contributed by atoms with Crippen molar-refractivity contribution in [2.45, 2.75) is 57.4 Å². The molecular weight excluding hydrogens is 412 g/mol. The lowest BCUT2D eigenvalue weighted by Gasteiger charge is -2.22. The minimum Gasteiger partial charge on any atom is -0.381 e. The standard InChI is InChI=1S/C21H28N8O3/c22-21-23-11-15(12-24-21)19-26-17(14-6-9-32-10-7-14)18-20(27-19)29(13-25-18)8-4-2-1-3-5-16(30)28-31/h11-14,31H,1-10H2,(H,28,30)(H2,22,23,24). The minimum atomic E-state index is -0.345. The van der Waals surface area contributed by atoms with Crippen molar-refractivity contribution < 1.29 is 14.7 Å². The summed E-state index contributed by atoms with van der Waals surface area (Å²) >= 11 is 0. The van der Waals surface area contributed by atoms with Crippen LogP contribution in [0.4, 0.5) is 5.95 Å². The van der Waals surface area contributed by atoms with Crippen LogP contribution in [0.25, 0.3) is 22.6 Å². The molecule has 0 spiro atoms. The number of carbonyl (C=O) groups excluding carboxylic acids is 1. The van der Waals surface area contributed by atoms with Crippen molar-refractivity contribution in [1.29, 1.82) is 0 Å². The topological polar surface area (TPSA) is 154 Å². The summed E-state index contributed by atoms with van der Waals surface area (Å²) in [5.74, 6) is 0.697. The molecule has 0 radical (unpaired) electrons. The maximum absolute atomic E-state index is 11.1. The Morgan fingerprint density at radius 2 is 1.88 bits per heavy atom. The van der Waals surface area contributed by atoms with E-state index in [0.29, 0.717) is 31.0 Å². The van der Waals surface area contributed by atoms with Gasteiger partial charge < -0.3 is 15.0 Å². The van der Waals surface area contributed by atoms with E-state index < -0.39 is 0 Å². The van der Waals surface area contributed by atoms with Gasteiger partial charge in [0.05, 0.1) is 17.6 Å². The second-order valence-electron chi connectivity index (χ2n) is 7.96. The van der Waals surface area contributed by atoms with Gasteiger partial charge in [-0.15, -0.1) is 0 Å². The van der Waals surface area contributed by atoms with Gasteiger partial charge >= 0.3 is 0 Å². The quantitative estimate of drug-likeness (QED) is 0.258. The van der Waals surface area contributed by atoms with E-state index in [1.54, 1.807) is 17.9 Å². The zero-order valence-electron chi connectivity index (χ0n) is 17.9. The van der Waals surface area contributed by atoms with E-state index in [-0.39, 0.29) is 17.8 Å². The molecule has 1 amide bonds. The van der Waals surface area contributed by atoms with E-state index >= 15 is 0 Å². The molecule has 1 fully saturated rings. The van der Waals surface area contributed by atoms with E-state index in [4.69, 9.17) is 25.6 Å². The second kappa shape index (κ2) is 10.4. The number of aryl methyl sites for hydroxylation is 1. The first kappa shape index (κ1) is 22.0. The summed E-state index contributed by atoms with van der Waals surface area (Å²) in [5.41, 5.74) is 10.6. The fraction of sp³-hybridized carbons (Fsp3) is 0.524. The normalized spacial score (nSPS) is 14.7. The Morgan fingerprint density at radius 3 is 2.62 bits per heavy atom.